The third-order valence-electron chi connectivity index (χ3n) is 2.77. The highest BCUT2D eigenvalue weighted by Gasteiger charge is 2.17. The zero-order valence-electron chi connectivity index (χ0n) is 10.9. The number of anilines is 1. The molecule has 0 fully saturated rings. The summed E-state index contributed by atoms with van der Waals surface area (Å²) in [4.78, 5) is 23.2. The van der Waals surface area contributed by atoms with E-state index < -0.39 is 11.9 Å². The Labute approximate surface area is 114 Å². The van der Waals surface area contributed by atoms with E-state index in [2.05, 4.69) is 5.32 Å². The molecule has 1 amide bonds. The molecule has 1 aromatic carbocycles. The van der Waals surface area contributed by atoms with Crippen LogP contribution in [0.3, 0.4) is 0 Å². The number of furan rings is 1. The predicted octanol–water partition coefficient (Wildman–Crippen LogP) is 2.55. The molecule has 0 bridgehead atoms. The molecule has 6 heteroatoms. The van der Waals surface area contributed by atoms with Crippen molar-refractivity contribution >= 4 is 17.6 Å². The molecular formula is C14H13NO5. The standard InChI is InChI=1S/C14H13NO5/c1-7-5-10(8(2)20-7)13(17)15-12-4-3-9(16)6-11(12)14(18)19/h3-6,16H,1-2H3,(H,15,17)(H,18,19). The molecule has 104 valence electrons. The first-order chi connectivity index (χ1) is 9.38. The summed E-state index contributed by atoms with van der Waals surface area (Å²) in [5, 5.41) is 20.8. The van der Waals surface area contributed by atoms with Gasteiger partial charge in [-0.2, -0.15) is 0 Å². The van der Waals surface area contributed by atoms with Crippen molar-refractivity contribution in [1.82, 2.24) is 0 Å². The number of carboxylic acid groups (broad SMARTS) is 1. The van der Waals surface area contributed by atoms with Crippen molar-refractivity contribution < 1.29 is 24.2 Å². The average Bonchev–Trinajstić information content (AvgIpc) is 2.70. The van der Waals surface area contributed by atoms with Crippen molar-refractivity contribution in [1.29, 1.82) is 0 Å². The predicted molar refractivity (Wildman–Crippen MR) is 71.2 cm³/mol. The lowest BCUT2D eigenvalue weighted by Crippen LogP contribution is -2.15. The maximum atomic E-state index is 12.1. The normalized spacial score (nSPS) is 10.3. The minimum Gasteiger partial charge on any atom is -0.508 e. The Morgan fingerprint density at radius 2 is 1.85 bits per heavy atom. The molecule has 20 heavy (non-hydrogen) atoms. The highest BCUT2D eigenvalue weighted by atomic mass is 16.4. The topological polar surface area (TPSA) is 99.8 Å². The molecule has 0 atom stereocenters. The molecule has 2 aromatic rings. The lowest BCUT2D eigenvalue weighted by molar-refractivity contribution is 0.0697. The lowest BCUT2D eigenvalue weighted by Gasteiger charge is -2.08. The maximum absolute atomic E-state index is 12.1. The number of amides is 1. The highest BCUT2D eigenvalue weighted by Crippen LogP contribution is 2.23. The summed E-state index contributed by atoms with van der Waals surface area (Å²) in [6.07, 6.45) is 0. The van der Waals surface area contributed by atoms with E-state index in [0.717, 1.165) is 6.07 Å². The number of carbonyl (C=O) groups excluding carboxylic acids is 1. The number of carboxylic acids is 1. The van der Waals surface area contributed by atoms with Crippen molar-refractivity contribution in [3.05, 3.63) is 46.9 Å². The van der Waals surface area contributed by atoms with Gasteiger partial charge in [-0.1, -0.05) is 0 Å². The molecule has 0 aliphatic carbocycles. The third-order valence-corrected chi connectivity index (χ3v) is 2.77. The summed E-state index contributed by atoms with van der Waals surface area (Å²) in [7, 11) is 0. The summed E-state index contributed by atoms with van der Waals surface area (Å²) >= 11 is 0. The Morgan fingerprint density at radius 3 is 2.40 bits per heavy atom. The number of hydrogen-bond acceptors (Lipinski definition) is 4. The van der Waals surface area contributed by atoms with Gasteiger partial charge in [0.05, 0.1) is 16.8 Å². The van der Waals surface area contributed by atoms with Crippen LogP contribution < -0.4 is 5.32 Å². The Kier molecular flexibility index (Phi) is 3.47. The number of nitrogens with one attached hydrogen (secondary N) is 1. The summed E-state index contributed by atoms with van der Waals surface area (Å²) in [5.41, 5.74) is 0.265. The van der Waals surface area contributed by atoms with Crippen LogP contribution in [0, 0.1) is 13.8 Å². The number of aryl methyl sites for hydroxylation is 2. The van der Waals surface area contributed by atoms with E-state index in [4.69, 9.17) is 9.52 Å². The van der Waals surface area contributed by atoms with Gasteiger partial charge in [0, 0.05) is 0 Å². The van der Waals surface area contributed by atoms with Gasteiger partial charge < -0.3 is 19.9 Å². The first-order valence-electron chi connectivity index (χ1n) is 5.83. The van der Waals surface area contributed by atoms with Crippen molar-refractivity contribution in [2.24, 2.45) is 0 Å². The Bertz CT molecular complexity index is 687. The summed E-state index contributed by atoms with van der Waals surface area (Å²) < 4.78 is 5.25. The van der Waals surface area contributed by atoms with Crippen LogP contribution in [0.2, 0.25) is 0 Å². The lowest BCUT2D eigenvalue weighted by atomic mass is 10.1. The number of phenols is 1. The number of aromatic hydroxyl groups is 1. The van der Waals surface area contributed by atoms with Crippen LogP contribution in [0.25, 0.3) is 0 Å². The van der Waals surface area contributed by atoms with Gasteiger partial charge in [-0.3, -0.25) is 4.79 Å². The smallest absolute Gasteiger partial charge is 0.337 e. The van der Waals surface area contributed by atoms with Gasteiger partial charge in [0.2, 0.25) is 0 Å². The Balaban J connectivity index is 2.33. The fourth-order valence-electron chi connectivity index (χ4n) is 1.86. The van der Waals surface area contributed by atoms with Crippen LogP contribution in [0.4, 0.5) is 5.69 Å². The molecular weight excluding hydrogens is 262 g/mol. The van der Waals surface area contributed by atoms with E-state index in [1.807, 2.05) is 0 Å². The average molecular weight is 275 g/mol. The SMILES string of the molecule is Cc1cc(C(=O)Nc2ccc(O)cc2C(=O)O)c(C)o1. The molecule has 0 saturated heterocycles. The van der Waals surface area contributed by atoms with Crippen LogP contribution >= 0.6 is 0 Å². The molecule has 0 unspecified atom stereocenters. The number of rotatable bonds is 3. The minimum atomic E-state index is -1.24. The summed E-state index contributed by atoms with van der Waals surface area (Å²) in [5.74, 6) is -0.841. The van der Waals surface area contributed by atoms with Crippen molar-refractivity contribution in [2.45, 2.75) is 13.8 Å². The molecule has 0 aliphatic rings. The van der Waals surface area contributed by atoms with Crippen molar-refractivity contribution in [2.75, 3.05) is 5.32 Å². The van der Waals surface area contributed by atoms with Gasteiger partial charge in [-0.05, 0) is 38.1 Å². The molecule has 3 N–H and O–H groups in total. The summed E-state index contributed by atoms with van der Waals surface area (Å²) in [6.45, 7) is 3.36. The van der Waals surface area contributed by atoms with Gasteiger partial charge in [0.15, 0.2) is 0 Å². The molecule has 0 aliphatic heterocycles. The third kappa shape index (κ3) is 2.64. The van der Waals surface area contributed by atoms with Gasteiger partial charge in [-0.15, -0.1) is 0 Å². The number of hydrogen-bond donors (Lipinski definition) is 3. The molecule has 0 radical (unpaired) electrons. The Morgan fingerprint density at radius 1 is 1.15 bits per heavy atom. The summed E-state index contributed by atoms with van der Waals surface area (Å²) in [6, 6.07) is 5.28. The van der Waals surface area contributed by atoms with Crippen LogP contribution in [0.15, 0.2) is 28.7 Å². The van der Waals surface area contributed by atoms with E-state index >= 15 is 0 Å². The van der Waals surface area contributed by atoms with Crippen LogP contribution in [0.5, 0.6) is 5.75 Å². The molecule has 0 saturated carbocycles. The van der Waals surface area contributed by atoms with Gasteiger partial charge in [0.1, 0.15) is 17.3 Å². The Hall–Kier alpha value is -2.76. The number of aromatic carboxylic acids is 1. The van der Waals surface area contributed by atoms with Gasteiger partial charge in [0.25, 0.3) is 5.91 Å². The van der Waals surface area contributed by atoms with E-state index in [0.29, 0.717) is 17.1 Å². The molecule has 1 aromatic heterocycles. The first-order valence-corrected chi connectivity index (χ1v) is 5.83. The second kappa shape index (κ2) is 5.08. The monoisotopic (exact) mass is 275 g/mol. The largest absolute Gasteiger partial charge is 0.508 e. The van der Waals surface area contributed by atoms with E-state index in [-0.39, 0.29) is 17.0 Å². The number of phenolic OH excluding ortho intramolecular Hbond substituents is 1. The van der Waals surface area contributed by atoms with Crippen LogP contribution in [0.1, 0.15) is 32.2 Å². The zero-order chi connectivity index (χ0) is 14.9. The highest BCUT2D eigenvalue weighted by molar-refractivity contribution is 6.08. The fourth-order valence-corrected chi connectivity index (χ4v) is 1.86. The second-order valence-electron chi connectivity index (χ2n) is 4.32. The molecule has 1 heterocycles. The number of carbonyl (C=O) groups is 2. The van der Waals surface area contributed by atoms with E-state index in [9.17, 15) is 14.7 Å². The number of benzene rings is 1. The second-order valence-corrected chi connectivity index (χ2v) is 4.32. The van der Waals surface area contributed by atoms with Gasteiger partial charge >= 0.3 is 5.97 Å². The molecule has 6 nitrogen and oxygen atoms in total. The van der Waals surface area contributed by atoms with E-state index in [1.165, 1.54) is 12.1 Å². The van der Waals surface area contributed by atoms with Crippen LogP contribution in [-0.2, 0) is 0 Å². The van der Waals surface area contributed by atoms with E-state index in [1.54, 1.807) is 19.9 Å². The minimum absolute atomic E-state index is 0.110. The quantitative estimate of drug-likeness (QED) is 0.747. The maximum Gasteiger partial charge on any atom is 0.337 e. The molecule has 2 rings (SSSR count). The fraction of sp³-hybridized carbons (Fsp3) is 0.143. The zero-order valence-corrected chi connectivity index (χ0v) is 10.9. The molecule has 0 spiro atoms. The van der Waals surface area contributed by atoms with Crippen LogP contribution in [-0.4, -0.2) is 22.1 Å². The van der Waals surface area contributed by atoms with Crippen molar-refractivity contribution in [3.8, 4) is 5.75 Å². The first kappa shape index (κ1) is 13.7. The van der Waals surface area contributed by atoms with Gasteiger partial charge in [-0.25, -0.2) is 4.79 Å². The van der Waals surface area contributed by atoms with Crippen molar-refractivity contribution in [3.63, 3.8) is 0 Å².